The standard InChI is InChI=1S/C15H21ClO/c1-11(8-10-16)5-6-13-12(2)14(17)7-9-15(13,3)4/h5-6,8H,7,9-10H2,1-4H3. The fourth-order valence-corrected chi connectivity index (χ4v) is 2.40. The molecule has 0 unspecified atom stereocenters. The lowest BCUT2D eigenvalue weighted by Gasteiger charge is -2.32. The summed E-state index contributed by atoms with van der Waals surface area (Å²) in [6.45, 7) is 8.35. The van der Waals surface area contributed by atoms with Gasteiger partial charge < -0.3 is 0 Å². The topological polar surface area (TPSA) is 17.1 Å². The third kappa shape index (κ3) is 3.57. The zero-order valence-electron chi connectivity index (χ0n) is 11.1. The van der Waals surface area contributed by atoms with Crippen molar-refractivity contribution in [2.45, 2.75) is 40.5 Å². The molecule has 0 N–H and O–H groups in total. The van der Waals surface area contributed by atoms with Crippen molar-refractivity contribution in [1.82, 2.24) is 0 Å². The van der Waals surface area contributed by atoms with E-state index in [1.54, 1.807) is 0 Å². The van der Waals surface area contributed by atoms with Crippen molar-refractivity contribution in [2.75, 3.05) is 5.88 Å². The van der Waals surface area contributed by atoms with Gasteiger partial charge in [0.1, 0.15) is 0 Å². The van der Waals surface area contributed by atoms with Crippen molar-refractivity contribution < 1.29 is 4.79 Å². The van der Waals surface area contributed by atoms with Crippen LogP contribution in [-0.4, -0.2) is 11.7 Å². The Hall–Kier alpha value is -0.820. The Morgan fingerprint density at radius 1 is 1.47 bits per heavy atom. The highest BCUT2D eigenvalue weighted by molar-refractivity contribution is 6.18. The van der Waals surface area contributed by atoms with Crippen LogP contribution in [0.25, 0.3) is 0 Å². The Kier molecular flexibility index (Phi) is 4.76. The highest BCUT2D eigenvalue weighted by atomic mass is 35.5. The minimum absolute atomic E-state index is 0.0930. The molecular formula is C15H21ClO. The molecule has 1 aliphatic rings. The van der Waals surface area contributed by atoms with Crippen LogP contribution < -0.4 is 0 Å². The van der Waals surface area contributed by atoms with Crippen LogP contribution in [0.2, 0.25) is 0 Å². The number of hydrogen-bond donors (Lipinski definition) is 0. The molecule has 1 rings (SSSR count). The van der Waals surface area contributed by atoms with Crippen molar-refractivity contribution >= 4 is 17.4 Å². The van der Waals surface area contributed by atoms with Gasteiger partial charge in [0.15, 0.2) is 5.78 Å². The highest BCUT2D eigenvalue weighted by Crippen LogP contribution is 2.39. The largest absolute Gasteiger partial charge is 0.295 e. The van der Waals surface area contributed by atoms with E-state index in [4.69, 9.17) is 11.6 Å². The summed E-state index contributed by atoms with van der Waals surface area (Å²) in [4.78, 5) is 11.7. The van der Waals surface area contributed by atoms with E-state index < -0.39 is 0 Å². The SMILES string of the molecule is CC(C=CC1=C(C)C(=O)CCC1(C)C)=CCCl. The van der Waals surface area contributed by atoms with Gasteiger partial charge >= 0.3 is 0 Å². The van der Waals surface area contributed by atoms with E-state index in [0.29, 0.717) is 12.3 Å². The lowest BCUT2D eigenvalue weighted by molar-refractivity contribution is -0.116. The molecule has 0 bridgehead atoms. The average molecular weight is 253 g/mol. The molecule has 0 aromatic rings. The first-order chi connectivity index (χ1) is 7.88. The lowest BCUT2D eigenvalue weighted by Crippen LogP contribution is -2.24. The summed E-state index contributed by atoms with van der Waals surface area (Å²) in [5.41, 5.74) is 3.30. The first kappa shape index (κ1) is 14.2. The minimum Gasteiger partial charge on any atom is -0.295 e. The monoisotopic (exact) mass is 252 g/mol. The zero-order valence-corrected chi connectivity index (χ0v) is 11.9. The molecule has 0 fully saturated rings. The Morgan fingerprint density at radius 2 is 2.12 bits per heavy atom. The Labute approximate surface area is 109 Å². The normalized spacial score (nSPS) is 21.5. The van der Waals surface area contributed by atoms with E-state index in [0.717, 1.165) is 23.1 Å². The quantitative estimate of drug-likeness (QED) is 0.536. The Bertz CT molecular complexity index is 397. The number of halogens is 1. The zero-order chi connectivity index (χ0) is 13.1. The van der Waals surface area contributed by atoms with Gasteiger partial charge in [-0.05, 0) is 36.8 Å². The molecule has 0 saturated heterocycles. The molecule has 1 nitrogen and oxygen atoms in total. The fourth-order valence-electron chi connectivity index (χ4n) is 2.16. The fraction of sp³-hybridized carbons (Fsp3) is 0.533. The maximum Gasteiger partial charge on any atom is 0.158 e. The van der Waals surface area contributed by atoms with Crippen LogP contribution in [0.3, 0.4) is 0 Å². The predicted octanol–water partition coefficient (Wildman–Crippen LogP) is 4.43. The summed E-state index contributed by atoms with van der Waals surface area (Å²) in [6, 6.07) is 0. The second kappa shape index (κ2) is 5.68. The van der Waals surface area contributed by atoms with Gasteiger partial charge in [0.05, 0.1) is 0 Å². The van der Waals surface area contributed by atoms with Crippen LogP contribution in [-0.2, 0) is 4.79 Å². The first-order valence-electron chi connectivity index (χ1n) is 6.04. The van der Waals surface area contributed by atoms with Gasteiger partial charge in [-0.2, -0.15) is 0 Å². The number of alkyl halides is 1. The van der Waals surface area contributed by atoms with E-state index in [9.17, 15) is 4.79 Å². The maximum atomic E-state index is 11.7. The Balaban J connectivity index is 3.04. The molecule has 0 aromatic heterocycles. The van der Waals surface area contributed by atoms with Crippen molar-refractivity contribution in [2.24, 2.45) is 5.41 Å². The smallest absolute Gasteiger partial charge is 0.158 e. The minimum atomic E-state index is 0.0930. The maximum absolute atomic E-state index is 11.7. The third-order valence-electron chi connectivity index (χ3n) is 3.44. The predicted molar refractivity (Wildman–Crippen MR) is 74.3 cm³/mol. The molecule has 1 aliphatic carbocycles. The van der Waals surface area contributed by atoms with Gasteiger partial charge in [-0.3, -0.25) is 4.79 Å². The number of carbonyl (C=O) groups is 1. The third-order valence-corrected chi connectivity index (χ3v) is 3.59. The van der Waals surface area contributed by atoms with E-state index in [2.05, 4.69) is 19.9 Å². The molecule has 17 heavy (non-hydrogen) atoms. The summed E-state index contributed by atoms with van der Waals surface area (Å²) >= 11 is 5.65. The Morgan fingerprint density at radius 3 is 2.71 bits per heavy atom. The highest BCUT2D eigenvalue weighted by Gasteiger charge is 2.30. The summed E-state index contributed by atoms with van der Waals surface area (Å²) in [7, 11) is 0. The van der Waals surface area contributed by atoms with Crippen molar-refractivity contribution in [3.05, 3.63) is 34.9 Å². The number of hydrogen-bond acceptors (Lipinski definition) is 1. The van der Waals surface area contributed by atoms with Crippen LogP contribution in [0.4, 0.5) is 0 Å². The van der Waals surface area contributed by atoms with Crippen molar-refractivity contribution in [3.8, 4) is 0 Å². The summed E-state index contributed by atoms with van der Waals surface area (Å²) < 4.78 is 0. The van der Waals surface area contributed by atoms with Crippen molar-refractivity contribution in [3.63, 3.8) is 0 Å². The number of allylic oxidation sites excluding steroid dienone is 6. The van der Waals surface area contributed by atoms with Gasteiger partial charge in [-0.15, -0.1) is 11.6 Å². The van der Waals surface area contributed by atoms with Crippen LogP contribution in [0.5, 0.6) is 0 Å². The lowest BCUT2D eigenvalue weighted by atomic mass is 9.72. The van der Waals surface area contributed by atoms with Gasteiger partial charge in [0.25, 0.3) is 0 Å². The van der Waals surface area contributed by atoms with Crippen molar-refractivity contribution in [1.29, 1.82) is 0 Å². The molecule has 0 amide bonds. The molecule has 94 valence electrons. The van der Waals surface area contributed by atoms with Crippen LogP contribution >= 0.6 is 11.6 Å². The summed E-state index contributed by atoms with van der Waals surface area (Å²) in [5, 5.41) is 0. The van der Waals surface area contributed by atoms with E-state index in [-0.39, 0.29) is 11.2 Å². The number of rotatable bonds is 3. The van der Waals surface area contributed by atoms with Crippen LogP contribution in [0, 0.1) is 5.41 Å². The van der Waals surface area contributed by atoms with Gasteiger partial charge in [-0.1, -0.05) is 37.6 Å². The van der Waals surface area contributed by atoms with Gasteiger partial charge in [-0.25, -0.2) is 0 Å². The molecule has 2 heteroatoms. The number of carbonyl (C=O) groups excluding carboxylic acids is 1. The summed E-state index contributed by atoms with van der Waals surface area (Å²) in [6.07, 6.45) is 7.69. The van der Waals surface area contributed by atoms with Crippen LogP contribution in [0.15, 0.2) is 34.9 Å². The molecule has 0 atom stereocenters. The van der Waals surface area contributed by atoms with E-state index in [1.165, 1.54) is 0 Å². The second-order valence-corrected chi connectivity index (χ2v) is 5.59. The first-order valence-corrected chi connectivity index (χ1v) is 6.57. The van der Waals surface area contributed by atoms with Gasteiger partial charge in [0, 0.05) is 12.3 Å². The molecule has 0 aliphatic heterocycles. The molecule has 0 heterocycles. The molecular weight excluding hydrogens is 232 g/mol. The average Bonchev–Trinajstić information content (AvgIpc) is 2.24. The molecule has 0 saturated carbocycles. The number of ketones is 1. The second-order valence-electron chi connectivity index (χ2n) is 5.28. The molecule has 0 aromatic carbocycles. The number of Topliss-reactive ketones (excluding diaryl/α,β-unsaturated/α-hetero) is 1. The van der Waals surface area contributed by atoms with Gasteiger partial charge in [0.2, 0.25) is 0 Å². The van der Waals surface area contributed by atoms with E-state index >= 15 is 0 Å². The molecule has 0 spiro atoms. The van der Waals surface area contributed by atoms with E-state index in [1.807, 2.05) is 26.0 Å². The van der Waals surface area contributed by atoms with Crippen LogP contribution in [0.1, 0.15) is 40.5 Å². The molecule has 0 radical (unpaired) electrons. The summed E-state index contributed by atoms with van der Waals surface area (Å²) in [5.74, 6) is 0.805.